The Hall–Kier alpha value is 0.220. The second-order valence-corrected chi connectivity index (χ2v) is 7.56. The van der Waals surface area contributed by atoms with Crippen molar-refractivity contribution in [3.05, 3.63) is 54.6 Å². The highest BCUT2D eigenvalue weighted by molar-refractivity contribution is 9.11. The molecule has 0 saturated carbocycles. The lowest BCUT2D eigenvalue weighted by Gasteiger charge is -2.10. The van der Waals surface area contributed by atoms with Gasteiger partial charge in [0.15, 0.2) is 0 Å². The molecule has 0 amide bonds. The molecule has 2 aromatic rings. The Morgan fingerprint density at radius 3 is 2.35 bits per heavy atom. The Bertz CT molecular complexity index is 554. The molecule has 0 fully saturated rings. The van der Waals surface area contributed by atoms with Crippen LogP contribution in [0.15, 0.2) is 32.5 Å². The summed E-state index contributed by atoms with van der Waals surface area (Å²) < 4.78 is 28.2. The van der Waals surface area contributed by atoms with Crippen LogP contribution in [0.2, 0.25) is 0 Å². The minimum absolute atomic E-state index is 0.130. The predicted molar refractivity (Wildman–Crippen MR) is 76.8 cm³/mol. The summed E-state index contributed by atoms with van der Waals surface area (Å²) in [4.78, 5) is 0.568. The Labute approximate surface area is 126 Å². The molecule has 90 valence electrons. The van der Waals surface area contributed by atoms with Gasteiger partial charge in [-0.25, -0.2) is 8.78 Å². The number of thiophene rings is 1. The molecule has 1 atom stereocenters. The van der Waals surface area contributed by atoms with Gasteiger partial charge in [0.25, 0.3) is 0 Å². The molecule has 1 aromatic carbocycles. The van der Waals surface area contributed by atoms with Crippen LogP contribution in [0.25, 0.3) is 0 Å². The summed E-state index contributed by atoms with van der Waals surface area (Å²) in [6.07, 6.45) is 0. The van der Waals surface area contributed by atoms with Crippen molar-refractivity contribution in [2.75, 3.05) is 0 Å². The number of hydrogen-bond acceptors (Lipinski definition) is 1. The van der Waals surface area contributed by atoms with E-state index in [1.807, 2.05) is 12.1 Å². The third-order valence-corrected chi connectivity index (χ3v) is 5.74. The number of benzene rings is 1. The molecule has 1 aromatic heterocycles. The van der Waals surface area contributed by atoms with Crippen LogP contribution < -0.4 is 0 Å². The Morgan fingerprint density at radius 2 is 1.76 bits per heavy atom. The normalized spacial score (nSPS) is 12.8. The summed E-state index contributed by atoms with van der Waals surface area (Å²) in [5.41, 5.74) is 0.292. The van der Waals surface area contributed by atoms with Crippen LogP contribution in [0, 0.1) is 11.6 Å². The van der Waals surface area contributed by atoms with Crippen molar-refractivity contribution in [3.8, 4) is 0 Å². The van der Waals surface area contributed by atoms with Crippen molar-refractivity contribution >= 4 is 59.1 Å². The quantitative estimate of drug-likeness (QED) is 0.390. The molecule has 1 unspecified atom stereocenters. The fourth-order valence-electron chi connectivity index (χ4n) is 1.35. The molecule has 0 N–H and O–H groups in total. The van der Waals surface area contributed by atoms with Gasteiger partial charge >= 0.3 is 0 Å². The van der Waals surface area contributed by atoms with Gasteiger partial charge in [0.05, 0.1) is 13.1 Å². The first-order valence-electron chi connectivity index (χ1n) is 4.53. The van der Waals surface area contributed by atoms with Gasteiger partial charge in [-0.3, -0.25) is 0 Å². The average Bonchev–Trinajstić information content (AvgIpc) is 2.69. The molecule has 17 heavy (non-hydrogen) atoms. The molecule has 0 nitrogen and oxygen atoms in total. The van der Waals surface area contributed by atoms with E-state index in [1.54, 1.807) is 0 Å². The maximum absolute atomic E-state index is 13.7. The van der Waals surface area contributed by atoms with Gasteiger partial charge in [-0.15, -0.1) is 11.3 Å². The summed E-state index contributed by atoms with van der Waals surface area (Å²) in [5, 5.41) is 0. The highest BCUT2D eigenvalue weighted by Gasteiger charge is 2.18. The molecule has 0 bridgehead atoms. The van der Waals surface area contributed by atoms with Crippen LogP contribution in [-0.4, -0.2) is 0 Å². The minimum atomic E-state index is -0.471. The highest BCUT2D eigenvalue weighted by atomic mass is 79.9. The van der Waals surface area contributed by atoms with Crippen LogP contribution in [0.4, 0.5) is 8.78 Å². The summed E-state index contributed by atoms with van der Waals surface area (Å²) in [7, 11) is 0. The summed E-state index contributed by atoms with van der Waals surface area (Å²) in [6, 6.07) is 6.09. The molecule has 0 aliphatic heterocycles. The van der Waals surface area contributed by atoms with Gasteiger partial charge in [0.2, 0.25) is 0 Å². The zero-order valence-corrected chi connectivity index (χ0v) is 13.8. The molecule has 1 heterocycles. The van der Waals surface area contributed by atoms with Gasteiger partial charge < -0.3 is 0 Å². The maximum Gasteiger partial charge on any atom is 0.137 e. The van der Waals surface area contributed by atoms with Gasteiger partial charge in [0, 0.05) is 10.4 Å². The maximum atomic E-state index is 13.7. The van der Waals surface area contributed by atoms with Crippen molar-refractivity contribution < 1.29 is 8.78 Å². The molecule has 0 aliphatic rings. The van der Waals surface area contributed by atoms with E-state index in [2.05, 4.69) is 47.8 Å². The zero-order valence-electron chi connectivity index (χ0n) is 8.18. The second-order valence-electron chi connectivity index (χ2n) is 3.29. The van der Waals surface area contributed by atoms with E-state index in [-0.39, 0.29) is 9.30 Å². The van der Waals surface area contributed by atoms with E-state index in [9.17, 15) is 8.78 Å². The number of halogens is 5. The zero-order chi connectivity index (χ0) is 12.6. The fourth-order valence-corrected chi connectivity index (χ4v) is 3.87. The van der Waals surface area contributed by atoms with Crippen LogP contribution in [0.1, 0.15) is 15.3 Å². The van der Waals surface area contributed by atoms with Gasteiger partial charge in [-0.1, -0.05) is 15.9 Å². The average molecular weight is 447 g/mol. The minimum Gasteiger partial charge on any atom is -0.207 e. The van der Waals surface area contributed by atoms with Crippen molar-refractivity contribution in [2.45, 2.75) is 4.83 Å². The standard InChI is InChI=1S/C11H5Br3F2S/c12-6-4-7(15)5(3-8(6)16)11(14)9-1-2-10(13)17-9/h1-4,11H. The van der Waals surface area contributed by atoms with Crippen LogP contribution in [0.5, 0.6) is 0 Å². The number of alkyl halides is 1. The van der Waals surface area contributed by atoms with Crippen LogP contribution in [-0.2, 0) is 0 Å². The first-order valence-corrected chi connectivity index (χ1v) is 7.84. The largest absolute Gasteiger partial charge is 0.207 e. The molecule has 0 aliphatic carbocycles. The van der Waals surface area contributed by atoms with E-state index >= 15 is 0 Å². The van der Waals surface area contributed by atoms with E-state index < -0.39 is 11.6 Å². The fraction of sp³-hybridized carbons (Fsp3) is 0.0909. The van der Waals surface area contributed by atoms with E-state index in [0.29, 0.717) is 5.56 Å². The van der Waals surface area contributed by atoms with E-state index in [0.717, 1.165) is 14.7 Å². The van der Waals surface area contributed by atoms with Gasteiger partial charge in [-0.2, -0.15) is 0 Å². The van der Waals surface area contributed by atoms with Crippen molar-refractivity contribution in [2.24, 2.45) is 0 Å². The Kier molecular flexibility index (Phi) is 4.39. The molecular weight excluding hydrogens is 442 g/mol. The molecule has 2 rings (SSSR count). The lowest BCUT2D eigenvalue weighted by Crippen LogP contribution is -1.96. The molecule has 0 radical (unpaired) electrons. The lowest BCUT2D eigenvalue weighted by molar-refractivity contribution is 0.583. The Morgan fingerprint density at radius 1 is 1.06 bits per heavy atom. The van der Waals surface area contributed by atoms with Crippen LogP contribution >= 0.6 is 59.1 Å². The lowest BCUT2D eigenvalue weighted by atomic mass is 10.1. The third-order valence-electron chi connectivity index (χ3n) is 2.16. The highest BCUT2D eigenvalue weighted by Crippen LogP contribution is 2.39. The van der Waals surface area contributed by atoms with E-state index in [4.69, 9.17) is 0 Å². The second kappa shape index (κ2) is 5.47. The Balaban J connectivity index is 2.43. The van der Waals surface area contributed by atoms with Crippen molar-refractivity contribution in [1.29, 1.82) is 0 Å². The molecule has 6 heteroatoms. The monoisotopic (exact) mass is 444 g/mol. The SMILES string of the molecule is Fc1cc(C(Br)c2ccc(Br)s2)c(F)cc1Br. The number of hydrogen-bond donors (Lipinski definition) is 0. The number of rotatable bonds is 2. The van der Waals surface area contributed by atoms with Crippen LogP contribution in [0.3, 0.4) is 0 Å². The third kappa shape index (κ3) is 2.97. The summed E-state index contributed by atoms with van der Waals surface area (Å²) in [5.74, 6) is -0.911. The summed E-state index contributed by atoms with van der Waals surface area (Å²) in [6.45, 7) is 0. The first-order chi connectivity index (χ1) is 7.99. The molecule has 0 spiro atoms. The van der Waals surface area contributed by atoms with Crippen molar-refractivity contribution in [3.63, 3.8) is 0 Å². The molecular formula is C11H5Br3F2S. The van der Waals surface area contributed by atoms with Gasteiger partial charge in [-0.05, 0) is 56.1 Å². The predicted octanol–water partition coefficient (Wildman–Crippen LogP) is 6.04. The molecule has 0 saturated heterocycles. The smallest absolute Gasteiger partial charge is 0.137 e. The van der Waals surface area contributed by atoms with Crippen molar-refractivity contribution in [1.82, 2.24) is 0 Å². The van der Waals surface area contributed by atoms with Gasteiger partial charge in [0.1, 0.15) is 11.6 Å². The summed E-state index contributed by atoms with van der Waals surface area (Å²) >= 11 is 11.2. The van der Waals surface area contributed by atoms with E-state index in [1.165, 1.54) is 17.4 Å². The topological polar surface area (TPSA) is 0 Å². The first kappa shape index (κ1) is 13.6.